The highest BCUT2D eigenvalue weighted by Crippen LogP contribution is 2.11. The van der Waals surface area contributed by atoms with Crippen LogP contribution in [-0.4, -0.2) is 67.4 Å². The first-order valence-corrected chi connectivity index (χ1v) is 5.44. The van der Waals surface area contributed by atoms with Crippen LogP contribution in [0, 0.1) is 0 Å². The van der Waals surface area contributed by atoms with Gasteiger partial charge in [-0.05, 0) is 6.42 Å². The number of carboxylic acids is 1. The first-order valence-electron chi connectivity index (χ1n) is 5.44. The second kappa shape index (κ2) is 6.92. The van der Waals surface area contributed by atoms with Gasteiger partial charge in [0.05, 0.1) is 6.10 Å². The fraction of sp³-hybridized carbons (Fsp3) is 0.700. The number of hydrogen-bond donors (Lipinski definition) is 2. The zero-order valence-corrected chi connectivity index (χ0v) is 10.0. The number of carbonyl (C=O) groups is 3. The maximum atomic E-state index is 11.6. The molecule has 3 amide bonds. The molecule has 102 valence electrons. The number of imide groups is 1. The smallest absolute Gasteiger partial charge is 0.329 e. The van der Waals surface area contributed by atoms with Gasteiger partial charge in [-0.15, -0.1) is 0 Å². The Morgan fingerprint density at radius 1 is 1.39 bits per heavy atom. The van der Waals surface area contributed by atoms with E-state index < -0.39 is 31.1 Å². The van der Waals surface area contributed by atoms with E-state index in [1.165, 1.54) is 4.90 Å². The predicted molar refractivity (Wildman–Crippen MR) is 59.0 cm³/mol. The van der Waals surface area contributed by atoms with E-state index >= 15 is 0 Å². The van der Waals surface area contributed by atoms with Crippen molar-refractivity contribution in [2.45, 2.75) is 12.5 Å². The van der Waals surface area contributed by atoms with Crippen molar-refractivity contribution in [3.05, 3.63) is 0 Å². The van der Waals surface area contributed by atoms with Gasteiger partial charge in [-0.25, -0.2) is 9.59 Å². The van der Waals surface area contributed by atoms with Crippen LogP contribution in [0.15, 0.2) is 0 Å². The van der Waals surface area contributed by atoms with Crippen LogP contribution in [0.4, 0.5) is 4.79 Å². The molecule has 0 aromatic heterocycles. The molecule has 8 nitrogen and oxygen atoms in total. The minimum atomic E-state index is -1.17. The second-order valence-corrected chi connectivity index (χ2v) is 3.83. The van der Waals surface area contributed by atoms with E-state index in [1.807, 2.05) is 0 Å². The number of methoxy groups -OCH3 is 1. The summed E-state index contributed by atoms with van der Waals surface area (Å²) in [7, 11) is 1.57. The molecule has 1 fully saturated rings. The lowest BCUT2D eigenvalue weighted by Crippen LogP contribution is -2.43. The molecule has 8 heteroatoms. The second-order valence-electron chi connectivity index (χ2n) is 3.83. The van der Waals surface area contributed by atoms with Gasteiger partial charge in [0.2, 0.25) is 0 Å². The molecular formula is C10H16N2O6. The molecule has 0 spiro atoms. The van der Waals surface area contributed by atoms with Gasteiger partial charge in [0.15, 0.2) is 0 Å². The number of nitrogens with zero attached hydrogens (tertiary/aromatic N) is 1. The first kappa shape index (κ1) is 14.4. The van der Waals surface area contributed by atoms with Crippen LogP contribution < -0.4 is 5.32 Å². The maximum Gasteiger partial charge on any atom is 0.329 e. The van der Waals surface area contributed by atoms with Crippen LogP contribution in [0.25, 0.3) is 0 Å². The molecule has 1 heterocycles. The van der Waals surface area contributed by atoms with Crippen molar-refractivity contribution < 1.29 is 29.0 Å². The number of aliphatic carboxylic acids is 1. The number of amides is 3. The van der Waals surface area contributed by atoms with Gasteiger partial charge in [0.1, 0.15) is 13.2 Å². The summed E-state index contributed by atoms with van der Waals surface area (Å²) in [6, 6.07) is -0.515. The fourth-order valence-electron chi connectivity index (χ4n) is 1.57. The summed E-state index contributed by atoms with van der Waals surface area (Å²) in [5.41, 5.74) is 0. The van der Waals surface area contributed by atoms with Gasteiger partial charge < -0.3 is 19.5 Å². The van der Waals surface area contributed by atoms with Crippen LogP contribution in [0.2, 0.25) is 0 Å². The lowest BCUT2D eigenvalue weighted by atomic mass is 10.3. The summed E-state index contributed by atoms with van der Waals surface area (Å²) < 4.78 is 9.65. The largest absolute Gasteiger partial charge is 0.480 e. The molecule has 1 unspecified atom stereocenters. The van der Waals surface area contributed by atoms with Crippen molar-refractivity contribution in [2.24, 2.45) is 0 Å². The van der Waals surface area contributed by atoms with Crippen molar-refractivity contribution in [1.82, 2.24) is 10.2 Å². The molecule has 0 bridgehead atoms. The minimum absolute atomic E-state index is 0.00545. The van der Waals surface area contributed by atoms with E-state index in [9.17, 15) is 14.4 Å². The number of ether oxygens (including phenoxy) is 2. The number of rotatable bonds is 5. The standard InChI is InChI=1S/C10H16N2O6/c1-17-7-2-3-12(4-7)10(16)11-8(13)5-18-6-9(14)15/h7H,2-6H2,1H3,(H,14,15)(H,11,13,16). The molecule has 0 radical (unpaired) electrons. The first-order chi connectivity index (χ1) is 8.52. The predicted octanol–water partition coefficient (Wildman–Crippen LogP) is -0.955. The number of urea groups is 1. The van der Waals surface area contributed by atoms with E-state index in [-0.39, 0.29) is 6.10 Å². The van der Waals surface area contributed by atoms with Crippen LogP contribution in [0.5, 0.6) is 0 Å². The average molecular weight is 260 g/mol. The molecule has 0 aliphatic carbocycles. The zero-order valence-electron chi connectivity index (χ0n) is 10.0. The SMILES string of the molecule is COC1CCN(C(=O)NC(=O)COCC(=O)O)C1. The van der Waals surface area contributed by atoms with E-state index in [2.05, 4.69) is 10.1 Å². The lowest BCUT2D eigenvalue weighted by molar-refractivity contribution is -0.143. The Bertz CT molecular complexity index is 332. The Kier molecular flexibility index (Phi) is 5.53. The Hall–Kier alpha value is -1.67. The highest BCUT2D eigenvalue weighted by atomic mass is 16.5. The number of hydrogen-bond acceptors (Lipinski definition) is 5. The molecule has 1 aliphatic rings. The summed E-state index contributed by atoms with van der Waals surface area (Å²) in [6.07, 6.45) is 0.724. The van der Waals surface area contributed by atoms with Crippen molar-refractivity contribution >= 4 is 17.9 Å². The molecule has 1 saturated heterocycles. The van der Waals surface area contributed by atoms with Crippen LogP contribution in [0.1, 0.15) is 6.42 Å². The van der Waals surface area contributed by atoms with Crippen LogP contribution >= 0.6 is 0 Å². The number of carboxylic acid groups (broad SMARTS) is 1. The quantitative estimate of drug-likeness (QED) is 0.660. The van der Waals surface area contributed by atoms with Gasteiger partial charge in [0.25, 0.3) is 5.91 Å². The maximum absolute atomic E-state index is 11.6. The zero-order chi connectivity index (χ0) is 13.5. The van der Waals surface area contributed by atoms with Crippen molar-refractivity contribution in [1.29, 1.82) is 0 Å². The Labute approximate surface area is 104 Å². The minimum Gasteiger partial charge on any atom is -0.480 e. The van der Waals surface area contributed by atoms with Crippen LogP contribution in [0.3, 0.4) is 0 Å². The highest BCUT2D eigenvalue weighted by Gasteiger charge is 2.26. The monoisotopic (exact) mass is 260 g/mol. The van der Waals surface area contributed by atoms with E-state index in [1.54, 1.807) is 7.11 Å². The average Bonchev–Trinajstić information content (AvgIpc) is 2.76. The molecule has 0 aromatic carbocycles. The summed E-state index contributed by atoms with van der Waals surface area (Å²) in [5.74, 6) is -1.83. The number of nitrogens with one attached hydrogen (secondary N) is 1. The fourth-order valence-corrected chi connectivity index (χ4v) is 1.57. The molecule has 1 rings (SSSR count). The van der Waals surface area contributed by atoms with E-state index in [0.29, 0.717) is 13.1 Å². The Morgan fingerprint density at radius 2 is 2.11 bits per heavy atom. The third-order valence-electron chi connectivity index (χ3n) is 2.47. The van der Waals surface area contributed by atoms with Gasteiger partial charge in [-0.3, -0.25) is 10.1 Å². The third kappa shape index (κ3) is 4.68. The van der Waals surface area contributed by atoms with Gasteiger partial charge in [-0.2, -0.15) is 0 Å². The number of carbonyl (C=O) groups excluding carboxylic acids is 2. The molecule has 0 aromatic rings. The van der Waals surface area contributed by atoms with Gasteiger partial charge in [-0.1, -0.05) is 0 Å². The molecule has 0 saturated carbocycles. The van der Waals surface area contributed by atoms with Crippen molar-refractivity contribution in [3.63, 3.8) is 0 Å². The molecule has 18 heavy (non-hydrogen) atoms. The third-order valence-corrected chi connectivity index (χ3v) is 2.47. The van der Waals surface area contributed by atoms with Crippen molar-refractivity contribution in [2.75, 3.05) is 33.4 Å². The van der Waals surface area contributed by atoms with E-state index in [0.717, 1.165) is 6.42 Å². The summed E-state index contributed by atoms with van der Waals surface area (Å²) in [5, 5.41) is 10.4. The Morgan fingerprint density at radius 3 is 2.67 bits per heavy atom. The van der Waals surface area contributed by atoms with Gasteiger partial charge in [0, 0.05) is 20.2 Å². The van der Waals surface area contributed by atoms with Crippen molar-refractivity contribution in [3.8, 4) is 0 Å². The summed E-state index contributed by atoms with van der Waals surface area (Å²) >= 11 is 0. The molecule has 2 N–H and O–H groups in total. The normalized spacial score (nSPS) is 18.7. The topological polar surface area (TPSA) is 105 Å². The molecule has 1 aliphatic heterocycles. The molecular weight excluding hydrogens is 244 g/mol. The van der Waals surface area contributed by atoms with E-state index in [4.69, 9.17) is 9.84 Å². The lowest BCUT2D eigenvalue weighted by Gasteiger charge is -2.16. The summed E-state index contributed by atoms with van der Waals surface area (Å²) in [6.45, 7) is -0.0736. The Balaban J connectivity index is 2.23. The number of likely N-dealkylation sites (tertiary alicyclic amines) is 1. The van der Waals surface area contributed by atoms with Crippen LogP contribution in [-0.2, 0) is 19.1 Å². The highest BCUT2D eigenvalue weighted by molar-refractivity contribution is 5.95. The molecule has 1 atom stereocenters. The summed E-state index contributed by atoms with van der Waals surface area (Å²) in [4.78, 5) is 34.4. The van der Waals surface area contributed by atoms with Gasteiger partial charge >= 0.3 is 12.0 Å².